The Labute approximate surface area is 129 Å². The highest BCUT2D eigenvalue weighted by atomic mass is 16.5. The first-order valence-electron chi connectivity index (χ1n) is 8.75. The molecule has 0 amide bonds. The number of hydrogen-bond donors (Lipinski definition) is 0. The smallest absolute Gasteiger partial charge is 0.0959 e. The van der Waals surface area contributed by atoms with Gasteiger partial charge in [-0.05, 0) is 74.2 Å². The van der Waals surface area contributed by atoms with Crippen molar-refractivity contribution in [2.24, 2.45) is 23.2 Å². The van der Waals surface area contributed by atoms with Gasteiger partial charge in [-0.3, -0.25) is 0 Å². The average Bonchev–Trinajstić information content (AvgIpc) is 2.82. The van der Waals surface area contributed by atoms with Gasteiger partial charge in [0.05, 0.1) is 12.9 Å². The Hall–Kier alpha value is -0.980. The van der Waals surface area contributed by atoms with Gasteiger partial charge in [0.15, 0.2) is 0 Å². The van der Waals surface area contributed by atoms with Crippen molar-refractivity contribution < 1.29 is 4.74 Å². The van der Waals surface area contributed by atoms with Crippen LogP contribution in [0.2, 0.25) is 0 Å². The van der Waals surface area contributed by atoms with Crippen molar-refractivity contribution in [3.63, 3.8) is 0 Å². The molecular weight excluding hydrogens is 256 g/mol. The lowest BCUT2D eigenvalue weighted by molar-refractivity contribution is 0.0619. The Kier molecular flexibility index (Phi) is 3.10. The zero-order valence-electron chi connectivity index (χ0n) is 13.6. The van der Waals surface area contributed by atoms with Crippen molar-refractivity contribution in [1.29, 1.82) is 0 Å². The molecule has 0 bridgehead atoms. The van der Waals surface area contributed by atoms with E-state index >= 15 is 0 Å². The fourth-order valence-corrected chi connectivity index (χ4v) is 5.95. The summed E-state index contributed by atoms with van der Waals surface area (Å²) in [5.74, 6) is 3.90. The van der Waals surface area contributed by atoms with E-state index < -0.39 is 0 Å². The van der Waals surface area contributed by atoms with E-state index in [1.165, 1.54) is 44.3 Å². The van der Waals surface area contributed by atoms with Crippen LogP contribution in [0, 0.1) is 23.2 Å². The summed E-state index contributed by atoms with van der Waals surface area (Å²) in [6.45, 7) is 6.92. The van der Waals surface area contributed by atoms with Crippen molar-refractivity contribution in [2.75, 3.05) is 7.11 Å². The normalized spacial score (nSPS) is 42.1. The van der Waals surface area contributed by atoms with Crippen molar-refractivity contribution in [3.05, 3.63) is 35.1 Å². The van der Waals surface area contributed by atoms with E-state index in [4.69, 9.17) is 4.74 Å². The van der Waals surface area contributed by atoms with Crippen LogP contribution in [0.5, 0.6) is 0 Å². The molecule has 2 fully saturated rings. The predicted octanol–water partition coefficient (Wildman–Crippen LogP) is 5.40. The van der Waals surface area contributed by atoms with Crippen LogP contribution in [0.25, 0.3) is 0 Å². The second-order valence-corrected chi connectivity index (χ2v) is 7.90. The Morgan fingerprint density at radius 2 is 2.10 bits per heavy atom. The van der Waals surface area contributed by atoms with Gasteiger partial charge in [-0.15, -0.1) is 0 Å². The number of hydrogen-bond acceptors (Lipinski definition) is 1. The monoisotopic (exact) mass is 284 g/mol. The highest BCUT2D eigenvalue weighted by molar-refractivity contribution is 5.33. The molecule has 0 aliphatic heterocycles. The van der Waals surface area contributed by atoms with E-state index in [-0.39, 0.29) is 0 Å². The van der Waals surface area contributed by atoms with Gasteiger partial charge >= 0.3 is 0 Å². The molecule has 0 saturated heterocycles. The quantitative estimate of drug-likeness (QED) is 0.586. The lowest BCUT2D eigenvalue weighted by Gasteiger charge is -2.50. The van der Waals surface area contributed by atoms with Gasteiger partial charge in [0.25, 0.3) is 0 Å². The SMILES string of the molecule is C=C1CCC2C3CCC4=C(CC=C(OC)C4)C3CCC12C. The van der Waals surface area contributed by atoms with Crippen molar-refractivity contribution in [1.82, 2.24) is 0 Å². The molecule has 0 spiro atoms. The molecule has 4 rings (SSSR count). The van der Waals surface area contributed by atoms with E-state index in [1.807, 2.05) is 7.11 Å². The van der Waals surface area contributed by atoms with Crippen molar-refractivity contribution >= 4 is 0 Å². The number of rotatable bonds is 1. The molecule has 0 aromatic heterocycles. The lowest BCUT2D eigenvalue weighted by atomic mass is 9.54. The minimum absolute atomic E-state index is 0.460. The second-order valence-electron chi connectivity index (χ2n) is 7.90. The minimum Gasteiger partial charge on any atom is -0.501 e. The van der Waals surface area contributed by atoms with Crippen molar-refractivity contribution in [3.8, 4) is 0 Å². The number of ether oxygens (including phenoxy) is 1. The zero-order valence-corrected chi connectivity index (χ0v) is 13.6. The number of methoxy groups -OCH3 is 1. The summed E-state index contributed by atoms with van der Waals surface area (Å²) in [7, 11) is 1.82. The van der Waals surface area contributed by atoms with Gasteiger partial charge in [-0.2, -0.15) is 0 Å². The van der Waals surface area contributed by atoms with Crippen LogP contribution in [0.3, 0.4) is 0 Å². The third-order valence-electron chi connectivity index (χ3n) is 7.27. The molecule has 4 unspecified atom stereocenters. The average molecular weight is 284 g/mol. The molecule has 4 aliphatic rings. The third kappa shape index (κ3) is 1.89. The highest BCUT2D eigenvalue weighted by Gasteiger charge is 2.52. The molecule has 1 heteroatoms. The Bertz CT molecular complexity index is 538. The van der Waals surface area contributed by atoms with Gasteiger partial charge in [0, 0.05) is 6.42 Å². The van der Waals surface area contributed by atoms with Crippen LogP contribution < -0.4 is 0 Å². The molecule has 2 saturated carbocycles. The summed E-state index contributed by atoms with van der Waals surface area (Å²) >= 11 is 0. The third-order valence-corrected chi connectivity index (χ3v) is 7.27. The summed E-state index contributed by atoms with van der Waals surface area (Å²) < 4.78 is 5.49. The summed E-state index contributed by atoms with van der Waals surface area (Å²) in [6.07, 6.45) is 12.8. The topological polar surface area (TPSA) is 9.23 Å². The highest BCUT2D eigenvalue weighted by Crippen LogP contribution is 2.62. The molecule has 21 heavy (non-hydrogen) atoms. The fourth-order valence-electron chi connectivity index (χ4n) is 5.95. The van der Waals surface area contributed by atoms with E-state index in [1.54, 1.807) is 16.7 Å². The Morgan fingerprint density at radius 1 is 1.24 bits per heavy atom. The molecule has 4 aliphatic carbocycles. The molecule has 1 nitrogen and oxygen atoms in total. The van der Waals surface area contributed by atoms with Crippen molar-refractivity contribution in [2.45, 2.75) is 58.3 Å². The summed E-state index contributed by atoms with van der Waals surface area (Å²) in [5.41, 5.74) is 5.53. The molecule has 0 aromatic carbocycles. The second kappa shape index (κ2) is 4.76. The van der Waals surface area contributed by atoms with Crippen LogP contribution in [0.1, 0.15) is 58.3 Å². The van der Waals surface area contributed by atoms with Gasteiger partial charge < -0.3 is 4.74 Å². The molecule has 0 heterocycles. The molecule has 4 atom stereocenters. The van der Waals surface area contributed by atoms with Crippen LogP contribution in [-0.2, 0) is 4.74 Å². The molecule has 0 aromatic rings. The maximum absolute atomic E-state index is 5.49. The van der Waals surface area contributed by atoms with E-state index in [0.29, 0.717) is 5.41 Å². The largest absolute Gasteiger partial charge is 0.501 e. The summed E-state index contributed by atoms with van der Waals surface area (Å²) in [6, 6.07) is 0. The Morgan fingerprint density at radius 3 is 2.90 bits per heavy atom. The van der Waals surface area contributed by atoms with Gasteiger partial charge in [-0.1, -0.05) is 30.2 Å². The Balaban J connectivity index is 1.62. The molecule has 0 radical (unpaired) electrons. The van der Waals surface area contributed by atoms with E-state index in [2.05, 4.69) is 19.6 Å². The van der Waals surface area contributed by atoms with Crippen LogP contribution >= 0.6 is 0 Å². The van der Waals surface area contributed by atoms with E-state index in [9.17, 15) is 0 Å². The first-order chi connectivity index (χ1) is 10.1. The number of allylic oxidation sites excluding steroid dienone is 4. The van der Waals surface area contributed by atoms with Gasteiger partial charge in [-0.25, -0.2) is 0 Å². The van der Waals surface area contributed by atoms with E-state index in [0.717, 1.165) is 30.6 Å². The standard InChI is InChI=1S/C20H28O/c1-13-4-9-19-18-7-5-14-12-15(21-3)6-8-16(14)17(18)10-11-20(13,19)2/h6,17-19H,1,4-5,7-12H2,2-3H3. The van der Waals surface area contributed by atoms with Gasteiger partial charge in [0.2, 0.25) is 0 Å². The first kappa shape index (κ1) is 13.7. The molecular formula is C20H28O. The maximum Gasteiger partial charge on any atom is 0.0959 e. The minimum atomic E-state index is 0.460. The zero-order chi connectivity index (χ0) is 14.6. The predicted molar refractivity (Wildman–Crippen MR) is 86.8 cm³/mol. The summed E-state index contributed by atoms with van der Waals surface area (Å²) in [5, 5.41) is 0. The van der Waals surface area contributed by atoms with Gasteiger partial charge in [0.1, 0.15) is 0 Å². The summed E-state index contributed by atoms with van der Waals surface area (Å²) in [4.78, 5) is 0. The molecule has 114 valence electrons. The van der Waals surface area contributed by atoms with Crippen LogP contribution in [0.4, 0.5) is 0 Å². The van der Waals surface area contributed by atoms with Crippen LogP contribution in [-0.4, -0.2) is 7.11 Å². The maximum atomic E-state index is 5.49. The first-order valence-corrected chi connectivity index (χ1v) is 8.75. The van der Waals surface area contributed by atoms with Crippen LogP contribution in [0.15, 0.2) is 35.1 Å². The lowest BCUT2D eigenvalue weighted by Crippen LogP contribution is -2.41. The number of fused-ring (bicyclic) bond motifs is 4. The molecule has 0 N–H and O–H groups in total. The fraction of sp³-hybridized carbons (Fsp3) is 0.700.